The van der Waals surface area contributed by atoms with Gasteiger partial charge < -0.3 is 27.0 Å². The lowest BCUT2D eigenvalue weighted by Gasteiger charge is -2.13. The molecule has 0 radical (unpaired) electrons. The number of carboxylic acid groups (broad SMARTS) is 2. The van der Waals surface area contributed by atoms with Crippen molar-refractivity contribution >= 4 is 51.2 Å². The van der Waals surface area contributed by atoms with Crippen molar-refractivity contribution in [2.24, 2.45) is 0 Å². The number of nitrogens with zero attached hydrogens (tertiary/aromatic N) is 2. The summed E-state index contributed by atoms with van der Waals surface area (Å²) in [6, 6.07) is 5.60. The number of nitrogens with two attached hydrogens (primary N) is 2. The molecule has 3 rings (SSSR count). The van der Waals surface area contributed by atoms with Gasteiger partial charge in [-0.25, -0.2) is 9.78 Å². The van der Waals surface area contributed by atoms with Crippen LogP contribution in [0.1, 0.15) is 40.7 Å². The van der Waals surface area contributed by atoms with Crippen molar-refractivity contribution in [3.05, 3.63) is 46.3 Å². The lowest BCUT2D eigenvalue weighted by Crippen LogP contribution is -2.41. The second kappa shape index (κ2) is 10.1. The average molecular weight is 458 g/mol. The molecule has 0 aliphatic heterocycles. The highest BCUT2D eigenvalue weighted by atomic mass is 32.1. The summed E-state index contributed by atoms with van der Waals surface area (Å²) in [5.41, 5.74) is 14.0. The molecule has 2 heterocycles. The Kier molecular flexibility index (Phi) is 7.21. The summed E-state index contributed by atoms with van der Waals surface area (Å²) in [5, 5.41) is 23.1. The van der Waals surface area contributed by atoms with Crippen LogP contribution in [-0.2, 0) is 22.4 Å². The van der Waals surface area contributed by atoms with Gasteiger partial charge in [-0.3, -0.25) is 9.59 Å². The molecule has 0 bridgehead atoms. The predicted molar refractivity (Wildman–Crippen MR) is 120 cm³/mol. The fourth-order valence-corrected chi connectivity index (χ4v) is 4.29. The van der Waals surface area contributed by atoms with Gasteiger partial charge in [0, 0.05) is 12.0 Å². The van der Waals surface area contributed by atoms with Gasteiger partial charge in [0.1, 0.15) is 16.7 Å². The second-order valence-electron chi connectivity index (χ2n) is 7.26. The van der Waals surface area contributed by atoms with E-state index < -0.39 is 23.9 Å². The van der Waals surface area contributed by atoms with Crippen molar-refractivity contribution in [3.8, 4) is 0 Å². The number of nitrogens with one attached hydrogen (secondary N) is 1. The number of aliphatic carboxylic acids is 2. The monoisotopic (exact) mass is 457 g/mol. The SMILES string of the molecule is Nc1nc(N)c2c(CCCc3ccc(C(=O)N[C@@H](CCC(=O)O)C(=O)O)cc3)csc2n1. The number of hydrogen-bond acceptors (Lipinski definition) is 8. The van der Waals surface area contributed by atoms with Gasteiger partial charge in [-0.05, 0) is 54.3 Å². The first-order valence-electron chi connectivity index (χ1n) is 9.88. The normalized spacial score (nSPS) is 11.9. The number of carbonyl (C=O) groups excluding carboxylic acids is 1. The average Bonchev–Trinajstić information content (AvgIpc) is 3.14. The number of aryl methyl sites for hydroxylation is 2. The number of thiophene rings is 1. The Morgan fingerprint density at radius 3 is 2.44 bits per heavy atom. The van der Waals surface area contributed by atoms with Gasteiger partial charge in [0.2, 0.25) is 5.95 Å². The van der Waals surface area contributed by atoms with Crippen LogP contribution in [0, 0.1) is 0 Å². The summed E-state index contributed by atoms with van der Waals surface area (Å²) in [5.74, 6) is -2.42. The Morgan fingerprint density at radius 2 is 1.78 bits per heavy atom. The van der Waals surface area contributed by atoms with E-state index in [9.17, 15) is 14.4 Å². The highest BCUT2D eigenvalue weighted by Gasteiger charge is 2.21. The Bertz CT molecular complexity index is 1150. The van der Waals surface area contributed by atoms with Crippen LogP contribution in [0.4, 0.5) is 11.8 Å². The third kappa shape index (κ3) is 5.70. The van der Waals surface area contributed by atoms with E-state index in [0.29, 0.717) is 11.4 Å². The predicted octanol–water partition coefficient (Wildman–Crippen LogP) is 2.08. The van der Waals surface area contributed by atoms with Crippen molar-refractivity contribution in [2.45, 2.75) is 38.1 Å². The molecule has 2 aromatic heterocycles. The molecule has 0 saturated heterocycles. The summed E-state index contributed by atoms with van der Waals surface area (Å²) in [7, 11) is 0. The van der Waals surface area contributed by atoms with Gasteiger partial charge in [-0.1, -0.05) is 12.1 Å². The molecule has 0 aliphatic rings. The molecule has 32 heavy (non-hydrogen) atoms. The highest BCUT2D eigenvalue weighted by Crippen LogP contribution is 2.30. The van der Waals surface area contributed by atoms with E-state index in [4.69, 9.17) is 21.7 Å². The van der Waals surface area contributed by atoms with E-state index >= 15 is 0 Å². The first-order chi connectivity index (χ1) is 15.2. The van der Waals surface area contributed by atoms with Crippen molar-refractivity contribution in [1.29, 1.82) is 0 Å². The molecule has 7 N–H and O–H groups in total. The van der Waals surface area contributed by atoms with E-state index in [1.807, 2.05) is 17.5 Å². The van der Waals surface area contributed by atoms with Crippen molar-refractivity contribution in [1.82, 2.24) is 15.3 Å². The zero-order valence-corrected chi connectivity index (χ0v) is 17.9. The number of rotatable bonds is 10. The zero-order chi connectivity index (χ0) is 23.3. The third-order valence-electron chi connectivity index (χ3n) is 4.93. The molecule has 0 saturated carbocycles. The van der Waals surface area contributed by atoms with E-state index in [1.165, 1.54) is 11.3 Å². The summed E-state index contributed by atoms with van der Waals surface area (Å²) in [6.07, 6.45) is 1.86. The number of aromatic nitrogens is 2. The number of nitrogen functional groups attached to an aromatic ring is 2. The van der Waals surface area contributed by atoms with Crippen LogP contribution in [0.5, 0.6) is 0 Å². The Hall–Kier alpha value is -3.73. The largest absolute Gasteiger partial charge is 0.481 e. The molecule has 168 valence electrons. The Labute approximate surface area is 187 Å². The van der Waals surface area contributed by atoms with Crippen molar-refractivity contribution in [3.63, 3.8) is 0 Å². The van der Waals surface area contributed by atoms with Crippen LogP contribution in [0.3, 0.4) is 0 Å². The summed E-state index contributed by atoms with van der Waals surface area (Å²) >= 11 is 1.48. The number of fused-ring (bicyclic) bond motifs is 1. The molecule has 0 spiro atoms. The fourth-order valence-electron chi connectivity index (χ4n) is 3.30. The fraction of sp³-hybridized carbons (Fsp3) is 0.286. The van der Waals surface area contributed by atoms with Crippen molar-refractivity contribution < 1.29 is 24.6 Å². The number of anilines is 2. The van der Waals surface area contributed by atoms with Gasteiger partial charge in [0.25, 0.3) is 5.91 Å². The zero-order valence-electron chi connectivity index (χ0n) is 17.1. The first kappa shape index (κ1) is 22.9. The van der Waals surface area contributed by atoms with E-state index in [2.05, 4.69) is 15.3 Å². The molecule has 1 atom stereocenters. The number of hydrogen-bond donors (Lipinski definition) is 5. The Balaban J connectivity index is 1.56. The van der Waals surface area contributed by atoms with Crippen molar-refractivity contribution in [2.75, 3.05) is 11.5 Å². The highest BCUT2D eigenvalue weighted by molar-refractivity contribution is 7.17. The van der Waals surface area contributed by atoms with Gasteiger partial charge in [0.05, 0.1) is 5.39 Å². The van der Waals surface area contributed by atoms with Crippen LogP contribution in [-0.4, -0.2) is 44.1 Å². The molecule has 10 nitrogen and oxygen atoms in total. The van der Waals surface area contributed by atoms with Gasteiger partial charge in [-0.2, -0.15) is 4.98 Å². The summed E-state index contributed by atoms with van der Waals surface area (Å²) in [6.45, 7) is 0. The number of amides is 1. The molecule has 0 unspecified atom stereocenters. The summed E-state index contributed by atoms with van der Waals surface area (Å²) in [4.78, 5) is 43.2. The van der Waals surface area contributed by atoms with Gasteiger partial charge >= 0.3 is 11.9 Å². The molecular weight excluding hydrogens is 434 g/mol. The lowest BCUT2D eigenvalue weighted by atomic mass is 10.0. The molecule has 3 aromatic rings. The third-order valence-corrected chi connectivity index (χ3v) is 5.85. The smallest absolute Gasteiger partial charge is 0.326 e. The van der Waals surface area contributed by atoms with Crippen LogP contribution >= 0.6 is 11.3 Å². The van der Waals surface area contributed by atoms with Crippen LogP contribution in [0.2, 0.25) is 0 Å². The van der Waals surface area contributed by atoms with Gasteiger partial charge in [-0.15, -0.1) is 11.3 Å². The number of carbonyl (C=O) groups is 3. The maximum absolute atomic E-state index is 12.3. The minimum atomic E-state index is -1.27. The first-order valence-corrected chi connectivity index (χ1v) is 10.8. The minimum Gasteiger partial charge on any atom is -0.481 e. The molecule has 1 amide bonds. The van der Waals surface area contributed by atoms with E-state index in [-0.39, 0.29) is 18.8 Å². The minimum absolute atomic E-state index is 0.157. The quantitative estimate of drug-likeness (QED) is 0.304. The Morgan fingerprint density at radius 1 is 1.06 bits per heavy atom. The number of benzene rings is 1. The molecule has 11 heteroatoms. The van der Waals surface area contributed by atoms with Crippen LogP contribution < -0.4 is 16.8 Å². The molecule has 0 fully saturated rings. The van der Waals surface area contributed by atoms with Gasteiger partial charge in [0.15, 0.2) is 0 Å². The maximum atomic E-state index is 12.3. The summed E-state index contributed by atoms with van der Waals surface area (Å²) < 4.78 is 0. The lowest BCUT2D eigenvalue weighted by molar-refractivity contribution is -0.140. The number of carboxylic acids is 2. The molecular formula is C21H23N5O5S. The van der Waals surface area contributed by atoms with Crippen LogP contribution in [0.15, 0.2) is 29.6 Å². The second-order valence-corrected chi connectivity index (χ2v) is 8.11. The molecule has 1 aromatic carbocycles. The van der Waals surface area contributed by atoms with E-state index in [0.717, 1.165) is 40.6 Å². The topological polar surface area (TPSA) is 182 Å². The van der Waals surface area contributed by atoms with E-state index in [1.54, 1.807) is 12.1 Å². The molecule has 0 aliphatic carbocycles. The van der Waals surface area contributed by atoms with Crippen LogP contribution in [0.25, 0.3) is 10.2 Å². The maximum Gasteiger partial charge on any atom is 0.326 e. The standard InChI is InChI=1S/C21H23N5O5S/c22-17-16-13(10-32-19(16)26-21(23)25-17)3-1-2-11-4-6-12(7-5-11)18(29)24-14(20(30)31)8-9-15(27)28/h4-7,10,14H,1-3,8-9H2,(H,24,29)(H,27,28)(H,30,31)(H4,22,23,25,26)/t14-/m0/s1.